The maximum absolute atomic E-state index is 13.9. The first-order chi connectivity index (χ1) is 11.9. The highest BCUT2D eigenvalue weighted by molar-refractivity contribution is 6.01. The summed E-state index contributed by atoms with van der Waals surface area (Å²) in [7, 11) is 0. The number of amides is 1. The van der Waals surface area contributed by atoms with Gasteiger partial charge in [0.15, 0.2) is 0 Å². The van der Waals surface area contributed by atoms with Crippen LogP contribution in [0.5, 0.6) is 0 Å². The van der Waals surface area contributed by atoms with Gasteiger partial charge in [-0.25, -0.2) is 18.7 Å². The molecule has 3 rings (SSSR count). The molecule has 25 heavy (non-hydrogen) atoms. The van der Waals surface area contributed by atoms with E-state index < -0.39 is 17.7 Å². The van der Waals surface area contributed by atoms with Gasteiger partial charge in [0.05, 0.1) is 0 Å². The molecule has 7 heteroatoms. The standard InChI is InChI=1S/C18H20F2N4O/c1-10(2)17-21-11(3)9-15(23-17)22-14-7-8-24(18(14)25)16-12(19)5-4-6-13(16)20/h4-6,9-10,14H,7-8H2,1-3H3,(H,21,22,23). The summed E-state index contributed by atoms with van der Waals surface area (Å²) in [6.45, 7) is 6.08. The fraction of sp³-hybridized carbons (Fsp3) is 0.389. The average molecular weight is 346 g/mol. The van der Waals surface area contributed by atoms with Gasteiger partial charge in [-0.3, -0.25) is 4.79 Å². The minimum atomic E-state index is -0.742. The lowest BCUT2D eigenvalue weighted by Gasteiger charge is -2.19. The molecule has 1 saturated heterocycles. The molecule has 1 amide bonds. The molecule has 0 aliphatic carbocycles. The molecule has 5 nitrogen and oxygen atoms in total. The predicted octanol–water partition coefficient (Wildman–Crippen LogP) is 3.40. The summed E-state index contributed by atoms with van der Waals surface area (Å²) in [5.74, 6) is -0.464. The van der Waals surface area contributed by atoms with Crippen LogP contribution in [0.25, 0.3) is 0 Å². The summed E-state index contributed by atoms with van der Waals surface area (Å²) in [4.78, 5) is 22.5. The molecule has 1 atom stereocenters. The van der Waals surface area contributed by atoms with Crippen LogP contribution < -0.4 is 10.2 Å². The van der Waals surface area contributed by atoms with E-state index in [1.807, 2.05) is 20.8 Å². The van der Waals surface area contributed by atoms with Crippen LogP contribution in [0.3, 0.4) is 0 Å². The summed E-state index contributed by atoms with van der Waals surface area (Å²) < 4.78 is 27.9. The van der Waals surface area contributed by atoms with E-state index in [1.54, 1.807) is 6.07 Å². The molecule has 0 saturated carbocycles. The number of halogens is 2. The van der Waals surface area contributed by atoms with Crippen LogP contribution in [-0.2, 0) is 4.79 Å². The van der Waals surface area contributed by atoms with E-state index in [0.717, 1.165) is 22.7 Å². The number of hydrogen-bond donors (Lipinski definition) is 1. The van der Waals surface area contributed by atoms with E-state index in [1.165, 1.54) is 6.07 Å². The Morgan fingerprint density at radius 3 is 2.56 bits per heavy atom. The maximum atomic E-state index is 13.9. The Kier molecular flexibility index (Phi) is 4.65. The Balaban J connectivity index is 1.81. The highest BCUT2D eigenvalue weighted by atomic mass is 19.1. The lowest BCUT2D eigenvalue weighted by atomic mass is 10.2. The van der Waals surface area contributed by atoms with Crippen LogP contribution in [0.1, 0.15) is 37.7 Å². The first-order valence-corrected chi connectivity index (χ1v) is 8.24. The van der Waals surface area contributed by atoms with Gasteiger partial charge >= 0.3 is 0 Å². The summed E-state index contributed by atoms with van der Waals surface area (Å²) in [6, 6.07) is 4.76. The van der Waals surface area contributed by atoms with Crippen LogP contribution in [0.2, 0.25) is 0 Å². The number of carbonyl (C=O) groups is 1. The van der Waals surface area contributed by atoms with Crippen molar-refractivity contribution in [1.29, 1.82) is 0 Å². The first-order valence-electron chi connectivity index (χ1n) is 8.24. The number of nitrogens with zero attached hydrogens (tertiary/aromatic N) is 3. The van der Waals surface area contributed by atoms with Crippen molar-refractivity contribution in [3.8, 4) is 0 Å². The number of aromatic nitrogens is 2. The zero-order valence-corrected chi connectivity index (χ0v) is 14.4. The van der Waals surface area contributed by atoms with E-state index in [2.05, 4.69) is 15.3 Å². The van der Waals surface area contributed by atoms with Gasteiger partial charge in [0, 0.05) is 24.2 Å². The number of nitrogens with one attached hydrogen (secondary N) is 1. The number of para-hydroxylation sites is 1. The number of benzene rings is 1. The third-order valence-electron chi connectivity index (χ3n) is 4.12. The minimum absolute atomic E-state index is 0.156. The molecule has 1 aliphatic heterocycles. The molecule has 1 N–H and O–H groups in total. The van der Waals surface area contributed by atoms with Crippen LogP contribution in [0, 0.1) is 18.6 Å². The summed E-state index contributed by atoms with van der Waals surface area (Å²) in [6.07, 6.45) is 0.437. The van der Waals surface area contributed by atoms with Crippen molar-refractivity contribution >= 4 is 17.4 Å². The molecule has 2 aromatic rings. The Bertz CT molecular complexity index is 789. The van der Waals surface area contributed by atoms with Gasteiger partial charge in [-0.15, -0.1) is 0 Å². The largest absolute Gasteiger partial charge is 0.358 e. The van der Waals surface area contributed by atoms with Crippen molar-refractivity contribution < 1.29 is 13.6 Å². The van der Waals surface area contributed by atoms with E-state index in [-0.39, 0.29) is 24.1 Å². The zero-order chi connectivity index (χ0) is 18.1. The molecule has 0 spiro atoms. The number of anilines is 2. The highest BCUT2D eigenvalue weighted by Gasteiger charge is 2.35. The van der Waals surface area contributed by atoms with Crippen molar-refractivity contribution in [1.82, 2.24) is 9.97 Å². The van der Waals surface area contributed by atoms with E-state index in [4.69, 9.17) is 0 Å². The van der Waals surface area contributed by atoms with E-state index in [9.17, 15) is 13.6 Å². The van der Waals surface area contributed by atoms with Crippen LogP contribution in [-0.4, -0.2) is 28.5 Å². The van der Waals surface area contributed by atoms with Gasteiger partial charge in [-0.05, 0) is 25.5 Å². The minimum Gasteiger partial charge on any atom is -0.358 e. The summed E-state index contributed by atoms with van der Waals surface area (Å²) in [5.41, 5.74) is 0.502. The molecular formula is C18H20F2N4O. The number of carbonyl (C=O) groups excluding carboxylic acids is 1. The third-order valence-corrected chi connectivity index (χ3v) is 4.12. The van der Waals surface area contributed by atoms with Crippen LogP contribution in [0.4, 0.5) is 20.3 Å². The Hall–Kier alpha value is -2.57. The maximum Gasteiger partial charge on any atom is 0.249 e. The van der Waals surface area contributed by atoms with Crippen LogP contribution >= 0.6 is 0 Å². The second-order valence-electron chi connectivity index (χ2n) is 6.45. The van der Waals surface area contributed by atoms with Gasteiger partial charge in [-0.2, -0.15) is 0 Å². The molecule has 1 aliphatic rings. The monoisotopic (exact) mass is 346 g/mol. The molecule has 1 aromatic heterocycles. The quantitative estimate of drug-likeness (QED) is 0.922. The topological polar surface area (TPSA) is 58.1 Å². The Labute approximate surface area is 145 Å². The molecule has 132 valence electrons. The van der Waals surface area contributed by atoms with Crippen molar-refractivity contribution in [2.75, 3.05) is 16.8 Å². The van der Waals surface area contributed by atoms with E-state index in [0.29, 0.717) is 18.1 Å². The van der Waals surface area contributed by atoms with Gasteiger partial charge in [0.1, 0.15) is 35.0 Å². The fourth-order valence-corrected chi connectivity index (χ4v) is 2.88. The molecule has 0 bridgehead atoms. The summed E-state index contributed by atoms with van der Waals surface area (Å²) in [5, 5.41) is 3.08. The zero-order valence-electron chi connectivity index (χ0n) is 14.4. The highest BCUT2D eigenvalue weighted by Crippen LogP contribution is 2.28. The summed E-state index contributed by atoms with van der Waals surface area (Å²) >= 11 is 0. The lowest BCUT2D eigenvalue weighted by molar-refractivity contribution is -0.117. The number of rotatable bonds is 4. The molecule has 1 fully saturated rings. The van der Waals surface area contributed by atoms with E-state index >= 15 is 0 Å². The SMILES string of the molecule is Cc1cc(NC2CCN(c3c(F)cccc3F)C2=O)nc(C(C)C)n1. The smallest absolute Gasteiger partial charge is 0.249 e. The molecule has 2 heterocycles. The number of hydrogen-bond acceptors (Lipinski definition) is 4. The average Bonchev–Trinajstić information content (AvgIpc) is 2.88. The third kappa shape index (κ3) is 3.45. The van der Waals surface area contributed by atoms with Crippen LogP contribution in [0.15, 0.2) is 24.3 Å². The van der Waals surface area contributed by atoms with Gasteiger partial charge < -0.3 is 10.2 Å². The first kappa shape index (κ1) is 17.3. The molecular weight excluding hydrogens is 326 g/mol. The molecule has 1 aromatic carbocycles. The Morgan fingerprint density at radius 1 is 1.24 bits per heavy atom. The fourth-order valence-electron chi connectivity index (χ4n) is 2.88. The van der Waals surface area contributed by atoms with Gasteiger partial charge in [0.25, 0.3) is 0 Å². The van der Waals surface area contributed by atoms with Gasteiger partial charge in [-0.1, -0.05) is 19.9 Å². The normalized spacial score (nSPS) is 17.4. The molecule has 1 unspecified atom stereocenters. The number of aryl methyl sites for hydroxylation is 1. The second-order valence-corrected chi connectivity index (χ2v) is 6.45. The van der Waals surface area contributed by atoms with Crippen molar-refractivity contribution in [2.24, 2.45) is 0 Å². The van der Waals surface area contributed by atoms with Crippen molar-refractivity contribution in [3.05, 3.63) is 47.4 Å². The van der Waals surface area contributed by atoms with Gasteiger partial charge in [0.2, 0.25) is 5.91 Å². The predicted molar refractivity (Wildman–Crippen MR) is 91.6 cm³/mol. The van der Waals surface area contributed by atoms with Crippen molar-refractivity contribution in [3.63, 3.8) is 0 Å². The van der Waals surface area contributed by atoms with Crippen molar-refractivity contribution in [2.45, 2.75) is 39.2 Å². The molecule has 0 radical (unpaired) electrons. The lowest BCUT2D eigenvalue weighted by Crippen LogP contribution is -2.34. The second kappa shape index (κ2) is 6.74. The Morgan fingerprint density at radius 2 is 1.92 bits per heavy atom.